The number of carboxylic acid groups (broad SMARTS) is 1. The number of aliphatic carboxylic acids is 1. The summed E-state index contributed by atoms with van der Waals surface area (Å²) in [6, 6.07) is 57.6. The van der Waals surface area contributed by atoms with Crippen molar-refractivity contribution in [1.29, 1.82) is 10.6 Å². The van der Waals surface area contributed by atoms with Crippen molar-refractivity contribution < 1.29 is 146 Å². The van der Waals surface area contributed by atoms with Crippen molar-refractivity contribution in [3.8, 4) is 0 Å². The first-order chi connectivity index (χ1) is 66.0. The maximum absolute atomic E-state index is 12.9. The maximum Gasteiger partial charge on any atom is 0.305 e. The van der Waals surface area contributed by atoms with Gasteiger partial charge in [-0.15, -0.1) is 69.6 Å². The predicted octanol–water partition coefficient (Wildman–Crippen LogP) is 14.8. The van der Waals surface area contributed by atoms with Crippen LogP contribution >= 0.6 is 69.6 Å². The Balaban J connectivity index is 0.000000302. The number of carboxylic acids is 1. The van der Waals surface area contributed by atoms with Crippen LogP contribution in [0.5, 0.6) is 0 Å². The van der Waals surface area contributed by atoms with Crippen LogP contribution in [0.2, 0.25) is 19.6 Å². The fourth-order valence-corrected chi connectivity index (χ4v) is 19.1. The van der Waals surface area contributed by atoms with E-state index in [1.165, 1.54) is 0 Å². The number of rotatable bonds is 49. The van der Waals surface area contributed by atoms with Crippen LogP contribution in [-0.2, 0) is 140 Å². The Morgan fingerprint density at radius 3 is 1.39 bits per heavy atom. The Bertz CT molecular complexity index is 4540. The summed E-state index contributed by atoms with van der Waals surface area (Å²) < 4.78 is 121. The topological polar surface area (TPSA) is 422 Å². The van der Waals surface area contributed by atoms with Crippen LogP contribution in [0.15, 0.2) is 182 Å². The molecule has 6 heterocycles. The summed E-state index contributed by atoms with van der Waals surface area (Å²) in [5.41, 5.74) is 5.31. The van der Waals surface area contributed by atoms with Crippen molar-refractivity contribution in [3.63, 3.8) is 0 Å². The summed E-state index contributed by atoms with van der Waals surface area (Å²) in [6.45, 7) is 12.6. The smallest absolute Gasteiger partial charge is 0.305 e. The van der Waals surface area contributed by atoms with Crippen LogP contribution in [0, 0.1) is 28.4 Å². The van der Waals surface area contributed by atoms with Gasteiger partial charge in [0.15, 0.2) is 33.0 Å². The van der Waals surface area contributed by atoms with E-state index >= 15 is 0 Å². The van der Waals surface area contributed by atoms with Gasteiger partial charge in [-0.3, -0.25) is 9.59 Å². The number of hydrogen-bond donors (Lipinski definition) is 8. The number of carbonyl (C=O) groups is 4. The van der Waals surface area contributed by atoms with E-state index in [1.54, 1.807) is 0 Å². The van der Waals surface area contributed by atoms with Crippen LogP contribution in [-0.4, -0.2) is 279 Å². The average molecular weight is 2090 g/mol. The number of alkyl halides is 6. The van der Waals surface area contributed by atoms with Crippen molar-refractivity contribution in [3.05, 3.63) is 215 Å². The van der Waals surface area contributed by atoms with Gasteiger partial charge in [0, 0.05) is 31.7 Å². The van der Waals surface area contributed by atoms with Crippen LogP contribution in [0.4, 0.5) is 0 Å². The van der Waals surface area contributed by atoms with Crippen molar-refractivity contribution in [2.24, 2.45) is 17.8 Å². The molecule has 0 spiro atoms. The van der Waals surface area contributed by atoms with Gasteiger partial charge in [-0.1, -0.05) is 157 Å². The van der Waals surface area contributed by atoms with Crippen LogP contribution in [0.1, 0.15) is 134 Å². The molecule has 6 saturated heterocycles. The summed E-state index contributed by atoms with van der Waals surface area (Å²) in [5.74, 6) is -6.06. The largest absolute Gasteiger partial charge is 0.481 e. The first-order valence-electron chi connectivity index (χ1n) is 45.8. The third kappa shape index (κ3) is 35.0. The molecular formula is C98H136B2Cl6N2O30Si. The number of unbranched alkanes of at least 4 members (excludes halogenated alkanes) is 2. The summed E-state index contributed by atoms with van der Waals surface area (Å²) in [7, 11) is -0.345. The van der Waals surface area contributed by atoms with Crippen LogP contribution in [0.3, 0.4) is 0 Å². The molecule has 6 aliphatic rings. The van der Waals surface area contributed by atoms with E-state index in [2.05, 4.69) is 19.6 Å². The van der Waals surface area contributed by atoms with Crippen LogP contribution < -0.4 is 0 Å². The fraction of sp³-hybridized carbons (Fsp3) is 0.592. The van der Waals surface area contributed by atoms with Gasteiger partial charge in [-0.25, -0.2) is 0 Å². The van der Waals surface area contributed by atoms with E-state index in [1.807, 2.05) is 203 Å². The number of esters is 3. The summed E-state index contributed by atoms with van der Waals surface area (Å²) in [6.07, 6.45) is -18.9. The SMILES string of the molecule is C.C.CC1[C@H](O[C@]2(CCl)O[C@@H](CCl)[C@@H](O[Si](C)(C)C)C2C)OC(CO)C(Cl)[C@@H]1C.N=BO[C@@H](COC(=O)CCCCC(=O)OCC1O[C@H](O[C@]2(CCl)O[C@H](CCl)C(O)C2O)C(O)[C@@H](O)[C@H]1Cl)C(OCc1ccccc1)C1OC(c2ccccc2)OC[C@@H]1OB=N.O=C(O)CCCCC(=O)OC[C@H](OCc1ccccc1)C(OCc1ccccc1)C1O[C@H](c2ccccc2)OC[C@@H]1OCc1ccccc1.[2HH]. The molecule has 6 aliphatic heterocycles. The standard InChI is InChI=1S/C40H44O9.C38H49B2Cl3N2O16.C18H33Cl3O5Si.2CH4.H2/c41-36(42)23-13-14-24-37(43)46-28-34(44-25-30-15-5-1-6-16-30)38(47-27-32-19-9-3-10-20-32)39-35(45-26-31-17-7-2-8-18-31)29-48-40(49-39)33-21-11-4-12-22-33;41-15-23-30(48)35(51)38(20-42,58-23)59-37-32(50)31(49)29(43)24(56-37)17-52-27(46)13-7-8-14-28(47)53-18-25(60-39-44)33(54-16-21-9-3-1-4-10-21)34-26(61-40-45)19-55-36(57-34)22-11-5-2-6-12-22;1-10-11(2)17(23-14(8-22)15(10)21)25-18(9-20)12(3)16(13(7-19)24-18)26-27(4,5)6;;;/h1-12,15-22,34-35,38-40H,13-14,23-29H2,(H,41,42);1-6,9-12,23-26,29-37,44-45,48-51H,7-8,13-20H2;10-17,22H,7-9H2,1-6H3;2*1H4;1H/t34-,35-,38?,39?,40+;23-,24?,25+,26+,29+,30?,31+,32?,33?,34?,35?,36?,37-,38+;10-,11?,12?,13+,14?,15?,16+,17+,18+;;;/m011.../s1/i;;;;;1+1. The van der Waals surface area contributed by atoms with Gasteiger partial charge in [-0.05, 0) is 55.1 Å². The minimum Gasteiger partial charge on any atom is -0.481 e. The van der Waals surface area contributed by atoms with Gasteiger partial charge in [0.2, 0.25) is 5.79 Å². The van der Waals surface area contributed by atoms with E-state index in [0.29, 0.717) is 32.6 Å². The zero-order valence-corrected chi connectivity index (χ0v) is 82.8. The van der Waals surface area contributed by atoms with E-state index in [-0.39, 0.29) is 155 Å². The molecule has 0 radical (unpaired) electrons. The first-order valence-corrected chi connectivity index (χ1v) is 52.2. The van der Waals surface area contributed by atoms with Crippen molar-refractivity contribution in [2.75, 3.05) is 63.2 Å². The number of aliphatic hydroxyl groups is 5. The predicted molar refractivity (Wildman–Crippen MR) is 523 cm³/mol. The Kier molecular flexibility index (Phi) is 50.9. The molecule has 0 aliphatic carbocycles. The molecule has 770 valence electrons. The number of ether oxygens (including phenoxy) is 17. The molecule has 6 aromatic carbocycles. The Hall–Kier alpha value is -6.31. The van der Waals surface area contributed by atoms with Gasteiger partial charge >= 0.3 is 246 Å². The first kappa shape index (κ1) is 118. The zero-order chi connectivity index (χ0) is 98.6. The molecule has 12 rings (SSSR count). The van der Waals surface area contributed by atoms with Gasteiger partial charge in [0.25, 0.3) is 0 Å². The molecule has 6 fully saturated rings. The number of hydrogen-bond acceptors (Lipinski definition) is 31. The monoisotopic (exact) mass is 2080 g/mol. The molecule has 139 heavy (non-hydrogen) atoms. The van der Waals surface area contributed by atoms with E-state index in [4.69, 9.17) is 180 Å². The van der Waals surface area contributed by atoms with Crippen molar-refractivity contribution >= 4 is 116 Å². The average Bonchev–Trinajstić information content (AvgIpc) is 1.61. The molecule has 8 N–H and O–H groups in total. The fourth-order valence-electron chi connectivity index (χ4n) is 16.2. The van der Waals surface area contributed by atoms with E-state index < -0.39 is 178 Å². The Morgan fingerprint density at radius 1 is 0.496 bits per heavy atom. The number of aliphatic hydroxyl groups excluding tert-OH is 5. The molecule has 0 aromatic heterocycles. The number of benzene rings is 6. The number of carbonyl (C=O) groups excluding carboxylic acids is 3. The van der Waals surface area contributed by atoms with Gasteiger partial charge in [-0.2, -0.15) is 0 Å². The number of nitrogens with one attached hydrogen (secondary N) is 2. The molecule has 41 heteroatoms. The molecule has 13 unspecified atom stereocenters. The van der Waals surface area contributed by atoms with Crippen LogP contribution in [0.25, 0.3) is 0 Å². The second kappa shape index (κ2) is 60.0. The van der Waals surface area contributed by atoms with Crippen molar-refractivity contribution in [2.45, 2.75) is 284 Å². The second-order valence-corrected chi connectivity index (χ2v) is 41.6. The summed E-state index contributed by atoms with van der Waals surface area (Å²) in [5, 5.41) is 74.5. The Morgan fingerprint density at radius 2 is 0.928 bits per heavy atom. The molecule has 28 atom stereocenters. The minimum atomic E-state index is -2.05. The molecule has 32 nitrogen and oxygen atoms in total. The molecule has 0 amide bonds. The van der Waals surface area contributed by atoms with Gasteiger partial charge in [0.05, 0.1) is 79.5 Å². The second-order valence-electron chi connectivity index (χ2n) is 35.0. The van der Waals surface area contributed by atoms with Gasteiger partial charge in [0.1, 0.15) is 73.8 Å². The zero-order valence-electron chi connectivity index (χ0n) is 77.3. The molecule has 0 saturated carbocycles. The van der Waals surface area contributed by atoms with E-state index in [0.717, 1.165) is 40.7 Å². The normalized spacial score (nSPS) is 29.6. The molecule has 0 bridgehead atoms. The van der Waals surface area contributed by atoms with E-state index in [9.17, 15) is 44.7 Å². The third-order valence-corrected chi connectivity index (χ3v) is 27.6. The quantitative estimate of drug-likeness (QED) is 0.00578. The minimum absolute atomic E-state index is 0. The Labute approximate surface area is 847 Å². The summed E-state index contributed by atoms with van der Waals surface area (Å²) in [4.78, 5) is 49.4. The third-order valence-electron chi connectivity index (χ3n) is 24.0. The molecular weight excluding hydrogens is 1950 g/mol. The number of halogens is 6. The summed E-state index contributed by atoms with van der Waals surface area (Å²) >= 11 is 37.1. The maximum atomic E-state index is 12.9. The van der Waals surface area contributed by atoms with Gasteiger partial charge < -0.3 is 91.9 Å². The molecule has 6 aromatic rings. The van der Waals surface area contributed by atoms with Crippen molar-refractivity contribution in [1.82, 2.24) is 0 Å².